The van der Waals surface area contributed by atoms with Gasteiger partial charge in [-0.15, -0.1) is 0 Å². The third kappa shape index (κ3) is 5.02. The topological polar surface area (TPSA) is 93.7 Å². The fourth-order valence-corrected chi connectivity index (χ4v) is 4.05. The van der Waals surface area contributed by atoms with Gasteiger partial charge in [-0.3, -0.25) is 4.79 Å². The first-order valence-electron chi connectivity index (χ1n) is 8.95. The molecule has 8 heteroatoms. The van der Waals surface area contributed by atoms with Crippen LogP contribution < -0.4 is 19.5 Å². The number of rotatable bonds is 9. The molecule has 0 bridgehead atoms. The van der Waals surface area contributed by atoms with Crippen LogP contribution in [0.3, 0.4) is 0 Å². The number of hydrogen-bond acceptors (Lipinski definition) is 5. The maximum atomic E-state index is 12.7. The Balaban J connectivity index is 2.29. The zero-order valence-corrected chi connectivity index (χ0v) is 17.3. The van der Waals surface area contributed by atoms with Crippen LogP contribution in [0.15, 0.2) is 47.4 Å². The van der Waals surface area contributed by atoms with E-state index < -0.39 is 15.9 Å². The molecule has 0 radical (unpaired) electrons. The van der Waals surface area contributed by atoms with Crippen LogP contribution in [0.1, 0.15) is 42.2 Å². The molecule has 152 valence electrons. The molecule has 0 aliphatic heterocycles. The highest BCUT2D eigenvalue weighted by atomic mass is 32.2. The van der Waals surface area contributed by atoms with E-state index in [1.54, 1.807) is 7.11 Å². The van der Waals surface area contributed by atoms with Gasteiger partial charge < -0.3 is 14.8 Å². The number of benzene rings is 2. The molecule has 0 fully saturated rings. The summed E-state index contributed by atoms with van der Waals surface area (Å²) in [6.45, 7) is 4.00. The van der Waals surface area contributed by atoms with Gasteiger partial charge in [0.25, 0.3) is 5.91 Å². The van der Waals surface area contributed by atoms with Gasteiger partial charge in [0.1, 0.15) is 16.4 Å². The minimum atomic E-state index is -3.79. The average molecular weight is 407 g/mol. The van der Waals surface area contributed by atoms with Crippen LogP contribution in [0, 0.1) is 0 Å². The summed E-state index contributed by atoms with van der Waals surface area (Å²) in [6, 6.07) is 11.4. The lowest BCUT2D eigenvalue weighted by molar-refractivity contribution is 0.0939. The smallest absolute Gasteiger partial charge is 0.251 e. The lowest BCUT2D eigenvalue weighted by Gasteiger charge is -2.18. The largest absolute Gasteiger partial charge is 0.496 e. The van der Waals surface area contributed by atoms with Crippen molar-refractivity contribution in [2.24, 2.45) is 0 Å². The van der Waals surface area contributed by atoms with Crippen LogP contribution >= 0.6 is 0 Å². The van der Waals surface area contributed by atoms with Crippen molar-refractivity contribution in [1.82, 2.24) is 10.0 Å². The molecule has 0 saturated carbocycles. The molecule has 0 saturated heterocycles. The number of carbonyl (C=O) groups excluding carboxylic acids is 1. The minimum Gasteiger partial charge on any atom is -0.496 e. The van der Waals surface area contributed by atoms with Crippen LogP contribution in [0.25, 0.3) is 0 Å². The zero-order chi connectivity index (χ0) is 20.7. The predicted octanol–water partition coefficient (Wildman–Crippen LogP) is 2.88. The minimum absolute atomic E-state index is 0.0685. The van der Waals surface area contributed by atoms with Gasteiger partial charge in [-0.1, -0.05) is 25.1 Å². The SMILES string of the molecule is CCCNS(=O)(=O)c1cc(C(=O)NC(C)c2ccccc2OC)ccc1OC. The summed E-state index contributed by atoms with van der Waals surface area (Å²) in [4.78, 5) is 12.6. The molecule has 0 aromatic heterocycles. The normalized spacial score (nSPS) is 12.3. The number of methoxy groups -OCH3 is 2. The van der Waals surface area contributed by atoms with Gasteiger partial charge in [0, 0.05) is 17.7 Å². The van der Waals surface area contributed by atoms with Crippen molar-refractivity contribution >= 4 is 15.9 Å². The molecule has 0 spiro atoms. The van der Waals surface area contributed by atoms with Gasteiger partial charge >= 0.3 is 0 Å². The van der Waals surface area contributed by atoms with Crippen molar-refractivity contribution in [3.8, 4) is 11.5 Å². The van der Waals surface area contributed by atoms with E-state index in [2.05, 4.69) is 10.0 Å². The third-order valence-corrected chi connectivity index (χ3v) is 5.69. The second-order valence-corrected chi connectivity index (χ2v) is 7.94. The maximum absolute atomic E-state index is 12.7. The summed E-state index contributed by atoms with van der Waals surface area (Å²) in [7, 11) is -0.834. The number of nitrogens with one attached hydrogen (secondary N) is 2. The Hall–Kier alpha value is -2.58. The summed E-state index contributed by atoms with van der Waals surface area (Å²) in [5.74, 6) is 0.447. The molecular formula is C20H26N2O5S. The number of ether oxygens (including phenoxy) is 2. The number of carbonyl (C=O) groups is 1. The highest BCUT2D eigenvalue weighted by Gasteiger charge is 2.22. The number of amides is 1. The monoisotopic (exact) mass is 406 g/mol. The molecule has 2 aromatic carbocycles. The lowest BCUT2D eigenvalue weighted by Crippen LogP contribution is -2.28. The molecule has 28 heavy (non-hydrogen) atoms. The average Bonchev–Trinajstić information content (AvgIpc) is 2.71. The Morgan fingerprint density at radius 2 is 1.75 bits per heavy atom. The first-order valence-corrected chi connectivity index (χ1v) is 10.4. The second kappa shape index (κ2) is 9.57. The van der Waals surface area contributed by atoms with E-state index in [1.165, 1.54) is 25.3 Å². The highest BCUT2D eigenvalue weighted by Crippen LogP contribution is 2.27. The molecule has 2 rings (SSSR count). The lowest BCUT2D eigenvalue weighted by atomic mass is 10.1. The summed E-state index contributed by atoms with van der Waals surface area (Å²) in [5.41, 5.74) is 1.05. The molecular weight excluding hydrogens is 380 g/mol. The Labute approximate surface area is 166 Å². The molecule has 0 heterocycles. The van der Waals surface area contributed by atoms with Crippen molar-refractivity contribution in [3.05, 3.63) is 53.6 Å². The maximum Gasteiger partial charge on any atom is 0.251 e. The van der Waals surface area contributed by atoms with Gasteiger partial charge in [-0.25, -0.2) is 13.1 Å². The van der Waals surface area contributed by atoms with E-state index in [0.717, 1.165) is 5.56 Å². The van der Waals surface area contributed by atoms with Crippen molar-refractivity contribution in [3.63, 3.8) is 0 Å². The Kier molecular flexibility index (Phi) is 7.42. The first-order chi connectivity index (χ1) is 13.3. The van der Waals surface area contributed by atoms with Gasteiger partial charge in [0.15, 0.2) is 0 Å². The van der Waals surface area contributed by atoms with Gasteiger partial charge in [0.05, 0.1) is 20.3 Å². The van der Waals surface area contributed by atoms with E-state index in [4.69, 9.17) is 9.47 Å². The molecule has 0 aliphatic carbocycles. The van der Waals surface area contributed by atoms with Crippen molar-refractivity contribution in [2.75, 3.05) is 20.8 Å². The Morgan fingerprint density at radius 1 is 1.07 bits per heavy atom. The van der Waals surface area contributed by atoms with E-state index in [-0.39, 0.29) is 22.3 Å². The summed E-state index contributed by atoms with van der Waals surface area (Å²) in [5, 5.41) is 2.87. The van der Waals surface area contributed by atoms with Crippen molar-refractivity contribution in [1.29, 1.82) is 0 Å². The van der Waals surface area contributed by atoms with E-state index in [9.17, 15) is 13.2 Å². The molecule has 0 aliphatic rings. The Bertz CT molecular complexity index is 928. The fraction of sp³-hybridized carbons (Fsp3) is 0.350. The second-order valence-electron chi connectivity index (χ2n) is 6.20. The molecule has 1 unspecified atom stereocenters. The molecule has 7 nitrogen and oxygen atoms in total. The van der Waals surface area contributed by atoms with Crippen LogP contribution in [0.5, 0.6) is 11.5 Å². The quantitative estimate of drug-likeness (QED) is 0.668. The first kappa shape index (κ1) is 21.7. The standard InChI is InChI=1S/C20H26N2O5S/c1-5-12-21-28(24,25)19-13-15(10-11-18(19)27-4)20(23)22-14(2)16-8-6-7-9-17(16)26-3/h6-11,13-14,21H,5,12H2,1-4H3,(H,22,23). The molecule has 2 N–H and O–H groups in total. The molecule has 1 atom stereocenters. The van der Waals surface area contributed by atoms with Gasteiger partial charge in [-0.05, 0) is 37.6 Å². The van der Waals surface area contributed by atoms with Crippen molar-refractivity contribution < 1.29 is 22.7 Å². The highest BCUT2D eigenvalue weighted by molar-refractivity contribution is 7.89. The van der Waals surface area contributed by atoms with Crippen LogP contribution in [-0.4, -0.2) is 35.1 Å². The van der Waals surface area contributed by atoms with E-state index in [0.29, 0.717) is 18.7 Å². The summed E-state index contributed by atoms with van der Waals surface area (Å²) < 4.78 is 38.0. The van der Waals surface area contributed by atoms with Crippen LogP contribution in [0.2, 0.25) is 0 Å². The number of sulfonamides is 1. The molecule has 1 amide bonds. The fourth-order valence-electron chi connectivity index (χ4n) is 2.72. The van der Waals surface area contributed by atoms with Crippen molar-refractivity contribution in [2.45, 2.75) is 31.2 Å². The molecule has 2 aromatic rings. The third-order valence-electron chi connectivity index (χ3n) is 4.21. The Morgan fingerprint density at radius 3 is 2.39 bits per heavy atom. The van der Waals surface area contributed by atoms with E-state index in [1.807, 2.05) is 38.1 Å². The predicted molar refractivity (Wildman–Crippen MR) is 107 cm³/mol. The van der Waals surface area contributed by atoms with Crippen LogP contribution in [-0.2, 0) is 10.0 Å². The van der Waals surface area contributed by atoms with Gasteiger partial charge in [-0.2, -0.15) is 0 Å². The number of para-hydroxylation sites is 1. The summed E-state index contributed by atoms with van der Waals surface area (Å²) in [6.07, 6.45) is 0.651. The summed E-state index contributed by atoms with van der Waals surface area (Å²) >= 11 is 0. The van der Waals surface area contributed by atoms with Crippen LogP contribution in [0.4, 0.5) is 0 Å². The van der Waals surface area contributed by atoms with E-state index >= 15 is 0 Å². The zero-order valence-electron chi connectivity index (χ0n) is 16.5. The van der Waals surface area contributed by atoms with Gasteiger partial charge in [0.2, 0.25) is 10.0 Å². The number of hydrogen-bond donors (Lipinski definition) is 2.